The number of carbonyl (C=O) groups is 1. The molecule has 0 unspecified atom stereocenters. The van der Waals surface area contributed by atoms with Crippen molar-refractivity contribution in [2.45, 2.75) is 19.8 Å². The smallest absolute Gasteiger partial charge is 0.253 e. The Labute approximate surface area is 161 Å². The Morgan fingerprint density at radius 1 is 1.08 bits per heavy atom. The maximum absolute atomic E-state index is 11.9. The van der Waals surface area contributed by atoms with Crippen LogP contribution in [0.5, 0.6) is 0 Å². The summed E-state index contributed by atoms with van der Waals surface area (Å²) in [5, 5.41) is 7.08. The molecule has 0 fully saturated rings. The molecule has 0 heterocycles. The van der Waals surface area contributed by atoms with Crippen molar-refractivity contribution in [1.82, 2.24) is 10.2 Å². The molecule has 2 aromatic carbocycles. The van der Waals surface area contributed by atoms with Crippen molar-refractivity contribution in [3.05, 3.63) is 65.7 Å². The molecule has 1 atom stereocenters. The average molecular weight is 370 g/mol. The number of carbonyl (C=O) groups excluding carboxylic acids is 1. The number of hydrogen-bond donors (Lipinski definition) is 2. The zero-order valence-corrected chi connectivity index (χ0v) is 16.5. The lowest BCUT2D eigenvalue weighted by Crippen LogP contribution is -2.33. The fourth-order valence-electron chi connectivity index (χ4n) is 2.67. The summed E-state index contributed by atoms with van der Waals surface area (Å²) in [6, 6.07) is 17.9. The second kappa shape index (κ2) is 9.92. The fraction of sp³-hybridized carbons (Fsp3) is 0.333. The maximum Gasteiger partial charge on any atom is 0.253 e. The van der Waals surface area contributed by atoms with Gasteiger partial charge in [0.15, 0.2) is 5.11 Å². The number of nitrogens with zero attached hydrogens (tertiary/aromatic N) is 1. The Bertz CT molecular complexity index is 714. The molecular formula is C21H27N3OS. The van der Waals surface area contributed by atoms with E-state index in [9.17, 15) is 4.79 Å². The SMILES string of the molecule is CC[C@@H](CNC(=S)Nc1ccc(C(=O)N(C)C)cc1)Cc1ccccc1. The minimum atomic E-state index is -0.0102. The van der Waals surface area contributed by atoms with E-state index in [0.29, 0.717) is 16.6 Å². The third-order valence-corrected chi connectivity index (χ3v) is 4.54. The molecule has 0 saturated carbocycles. The first-order valence-corrected chi connectivity index (χ1v) is 9.31. The summed E-state index contributed by atoms with van der Waals surface area (Å²) >= 11 is 5.40. The van der Waals surface area contributed by atoms with Crippen molar-refractivity contribution < 1.29 is 4.79 Å². The topological polar surface area (TPSA) is 44.4 Å². The van der Waals surface area contributed by atoms with Gasteiger partial charge >= 0.3 is 0 Å². The van der Waals surface area contributed by atoms with Gasteiger partial charge in [0.25, 0.3) is 5.91 Å². The fourth-order valence-corrected chi connectivity index (χ4v) is 2.88. The van der Waals surface area contributed by atoms with E-state index in [-0.39, 0.29) is 5.91 Å². The lowest BCUT2D eigenvalue weighted by atomic mass is 9.97. The molecule has 0 radical (unpaired) electrons. The van der Waals surface area contributed by atoms with E-state index in [1.54, 1.807) is 31.1 Å². The molecule has 5 heteroatoms. The van der Waals surface area contributed by atoms with E-state index in [4.69, 9.17) is 12.2 Å². The van der Waals surface area contributed by atoms with Gasteiger partial charge in [-0.05, 0) is 54.4 Å². The van der Waals surface area contributed by atoms with Crippen LogP contribution < -0.4 is 10.6 Å². The molecule has 0 bridgehead atoms. The quantitative estimate of drug-likeness (QED) is 0.726. The zero-order chi connectivity index (χ0) is 18.9. The van der Waals surface area contributed by atoms with Gasteiger partial charge in [-0.3, -0.25) is 4.79 Å². The molecule has 0 aromatic heterocycles. The van der Waals surface area contributed by atoms with Crippen LogP contribution in [0, 0.1) is 5.92 Å². The Balaban J connectivity index is 1.83. The number of anilines is 1. The zero-order valence-electron chi connectivity index (χ0n) is 15.7. The normalized spacial score (nSPS) is 11.5. The number of thiocarbonyl (C=S) groups is 1. The van der Waals surface area contributed by atoms with Crippen LogP contribution in [0.15, 0.2) is 54.6 Å². The standard InChI is InChI=1S/C21H27N3OS/c1-4-16(14-17-8-6-5-7-9-17)15-22-21(26)23-19-12-10-18(11-13-19)20(25)24(2)3/h5-13,16H,4,14-15H2,1-3H3,(H2,22,23,26)/t16-/m1/s1. The summed E-state index contributed by atoms with van der Waals surface area (Å²) < 4.78 is 0. The Morgan fingerprint density at radius 2 is 1.73 bits per heavy atom. The van der Waals surface area contributed by atoms with Crippen LogP contribution in [-0.2, 0) is 6.42 Å². The molecule has 26 heavy (non-hydrogen) atoms. The van der Waals surface area contributed by atoms with E-state index >= 15 is 0 Å². The summed E-state index contributed by atoms with van der Waals surface area (Å²) in [6.07, 6.45) is 2.13. The highest BCUT2D eigenvalue weighted by atomic mass is 32.1. The van der Waals surface area contributed by atoms with Crippen LogP contribution in [0.4, 0.5) is 5.69 Å². The Hall–Kier alpha value is -2.40. The van der Waals surface area contributed by atoms with Crippen molar-refractivity contribution in [2.75, 3.05) is 26.0 Å². The first kappa shape index (κ1) is 19.9. The molecule has 0 saturated heterocycles. The highest BCUT2D eigenvalue weighted by molar-refractivity contribution is 7.80. The summed E-state index contributed by atoms with van der Waals surface area (Å²) in [7, 11) is 3.49. The van der Waals surface area contributed by atoms with Crippen LogP contribution >= 0.6 is 12.2 Å². The van der Waals surface area contributed by atoms with E-state index in [1.807, 2.05) is 18.2 Å². The summed E-state index contributed by atoms with van der Waals surface area (Å²) in [6.45, 7) is 3.03. The molecule has 2 rings (SSSR count). The molecule has 0 aliphatic carbocycles. The van der Waals surface area contributed by atoms with E-state index in [1.165, 1.54) is 5.56 Å². The van der Waals surface area contributed by atoms with E-state index < -0.39 is 0 Å². The van der Waals surface area contributed by atoms with Crippen LogP contribution in [0.25, 0.3) is 0 Å². The third kappa shape index (κ3) is 6.15. The van der Waals surface area contributed by atoms with Crippen LogP contribution in [0.1, 0.15) is 29.3 Å². The second-order valence-electron chi connectivity index (χ2n) is 6.58. The number of rotatable bonds is 7. The average Bonchev–Trinajstić information content (AvgIpc) is 2.66. The number of hydrogen-bond acceptors (Lipinski definition) is 2. The highest BCUT2D eigenvalue weighted by Crippen LogP contribution is 2.13. The molecule has 1 amide bonds. The van der Waals surface area contributed by atoms with E-state index in [0.717, 1.165) is 25.1 Å². The van der Waals surface area contributed by atoms with Gasteiger partial charge in [-0.2, -0.15) is 0 Å². The number of benzene rings is 2. The lowest BCUT2D eigenvalue weighted by Gasteiger charge is -2.18. The molecule has 138 valence electrons. The van der Waals surface area contributed by atoms with Crippen LogP contribution in [-0.4, -0.2) is 36.6 Å². The van der Waals surface area contributed by atoms with Crippen molar-refractivity contribution >= 4 is 28.9 Å². The van der Waals surface area contributed by atoms with Gasteiger partial charge < -0.3 is 15.5 Å². The first-order chi connectivity index (χ1) is 12.5. The van der Waals surface area contributed by atoms with Gasteiger partial charge in [0.1, 0.15) is 0 Å². The summed E-state index contributed by atoms with van der Waals surface area (Å²) in [5.74, 6) is 0.515. The van der Waals surface area contributed by atoms with Crippen LogP contribution in [0.3, 0.4) is 0 Å². The Kier molecular flexibility index (Phi) is 7.60. The van der Waals surface area contributed by atoms with Crippen molar-refractivity contribution in [1.29, 1.82) is 0 Å². The molecule has 2 N–H and O–H groups in total. The molecule has 0 spiro atoms. The minimum Gasteiger partial charge on any atom is -0.362 e. The van der Waals surface area contributed by atoms with Gasteiger partial charge in [0.05, 0.1) is 0 Å². The molecule has 2 aromatic rings. The predicted molar refractivity (Wildman–Crippen MR) is 113 cm³/mol. The minimum absolute atomic E-state index is 0.0102. The third-order valence-electron chi connectivity index (χ3n) is 4.29. The van der Waals surface area contributed by atoms with Crippen molar-refractivity contribution in [2.24, 2.45) is 5.92 Å². The highest BCUT2D eigenvalue weighted by Gasteiger charge is 2.10. The van der Waals surface area contributed by atoms with Crippen molar-refractivity contribution in [3.63, 3.8) is 0 Å². The van der Waals surface area contributed by atoms with Crippen LogP contribution in [0.2, 0.25) is 0 Å². The Morgan fingerprint density at radius 3 is 2.31 bits per heavy atom. The summed E-state index contributed by atoms with van der Waals surface area (Å²) in [5.41, 5.74) is 2.88. The second-order valence-corrected chi connectivity index (χ2v) is 6.98. The van der Waals surface area contributed by atoms with E-state index in [2.05, 4.69) is 41.8 Å². The predicted octanol–water partition coefficient (Wildman–Crippen LogP) is 3.94. The first-order valence-electron chi connectivity index (χ1n) is 8.90. The number of amides is 1. The molecular weight excluding hydrogens is 342 g/mol. The van der Waals surface area contributed by atoms with Gasteiger partial charge in [0, 0.05) is 31.9 Å². The number of nitrogens with one attached hydrogen (secondary N) is 2. The lowest BCUT2D eigenvalue weighted by molar-refractivity contribution is 0.0827. The van der Waals surface area contributed by atoms with Gasteiger partial charge in [-0.1, -0.05) is 43.7 Å². The summed E-state index contributed by atoms with van der Waals surface area (Å²) in [4.78, 5) is 13.5. The van der Waals surface area contributed by atoms with Gasteiger partial charge in [-0.15, -0.1) is 0 Å². The monoisotopic (exact) mass is 369 g/mol. The molecule has 0 aliphatic heterocycles. The molecule has 4 nitrogen and oxygen atoms in total. The largest absolute Gasteiger partial charge is 0.362 e. The van der Waals surface area contributed by atoms with Gasteiger partial charge in [-0.25, -0.2) is 0 Å². The van der Waals surface area contributed by atoms with Gasteiger partial charge in [0.2, 0.25) is 0 Å². The van der Waals surface area contributed by atoms with Crippen molar-refractivity contribution in [3.8, 4) is 0 Å². The maximum atomic E-state index is 11.9. The molecule has 0 aliphatic rings.